The molecule has 19 heavy (non-hydrogen) atoms. The lowest BCUT2D eigenvalue weighted by atomic mass is 10.0. The maximum atomic E-state index is 11.8. The van der Waals surface area contributed by atoms with Gasteiger partial charge in [-0.2, -0.15) is 0 Å². The van der Waals surface area contributed by atoms with Crippen LogP contribution in [0.15, 0.2) is 12.1 Å². The summed E-state index contributed by atoms with van der Waals surface area (Å²) in [5.41, 5.74) is 0.487. The Kier molecular flexibility index (Phi) is 4.91. The molecule has 0 aliphatic carbocycles. The van der Waals surface area contributed by atoms with Crippen LogP contribution in [0.5, 0.6) is 5.75 Å². The minimum Gasteiger partial charge on any atom is -0.505 e. The van der Waals surface area contributed by atoms with Crippen molar-refractivity contribution in [2.24, 2.45) is 5.92 Å². The number of anilines is 1. The average Bonchev–Trinajstić information content (AvgIpc) is 2.86. The van der Waals surface area contributed by atoms with Gasteiger partial charge in [0.25, 0.3) is 0 Å². The second-order valence-corrected chi connectivity index (χ2v) is 5.42. The van der Waals surface area contributed by atoms with Gasteiger partial charge in [-0.25, -0.2) is 0 Å². The molecule has 1 amide bonds. The third-order valence-electron chi connectivity index (χ3n) is 3.10. The largest absolute Gasteiger partial charge is 0.505 e. The monoisotopic (exact) mass is 303 g/mol. The van der Waals surface area contributed by atoms with E-state index in [1.165, 1.54) is 12.1 Å². The summed E-state index contributed by atoms with van der Waals surface area (Å²) in [7, 11) is 0. The van der Waals surface area contributed by atoms with E-state index >= 15 is 0 Å². The molecular formula is C13H15Cl2NO3. The Bertz CT molecular complexity index is 450. The van der Waals surface area contributed by atoms with Gasteiger partial charge in [-0.05, 0) is 30.9 Å². The van der Waals surface area contributed by atoms with Gasteiger partial charge < -0.3 is 15.2 Å². The van der Waals surface area contributed by atoms with Crippen molar-refractivity contribution in [3.8, 4) is 5.75 Å². The number of amides is 1. The molecule has 1 atom stereocenters. The minimum absolute atomic E-state index is 0.0928. The van der Waals surface area contributed by atoms with E-state index in [-0.39, 0.29) is 21.7 Å². The quantitative estimate of drug-likeness (QED) is 0.838. The molecule has 6 heteroatoms. The zero-order valence-corrected chi connectivity index (χ0v) is 11.8. The predicted octanol–water partition coefficient (Wildman–Crippen LogP) is 3.45. The number of carbonyl (C=O) groups excluding carboxylic acids is 1. The first-order valence-electron chi connectivity index (χ1n) is 6.12. The van der Waals surface area contributed by atoms with E-state index in [1.54, 1.807) is 0 Å². The van der Waals surface area contributed by atoms with E-state index in [2.05, 4.69) is 5.32 Å². The molecule has 1 aliphatic heterocycles. The Balaban J connectivity index is 1.87. The Morgan fingerprint density at radius 1 is 1.42 bits per heavy atom. The highest BCUT2D eigenvalue weighted by molar-refractivity contribution is 6.37. The van der Waals surface area contributed by atoms with Gasteiger partial charge in [-0.15, -0.1) is 0 Å². The van der Waals surface area contributed by atoms with Gasteiger partial charge in [-0.1, -0.05) is 23.2 Å². The number of halogens is 2. The summed E-state index contributed by atoms with van der Waals surface area (Å²) in [6, 6.07) is 2.94. The van der Waals surface area contributed by atoms with E-state index in [1.807, 2.05) is 0 Å². The molecule has 2 N–H and O–H groups in total. The summed E-state index contributed by atoms with van der Waals surface area (Å²) >= 11 is 11.6. The fourth-order valence-electron chi connectivity index (χ4n) is 2.01. The highest BCUT2D eigenvalue weighted by Gasteiger charge is 2.17. The Hall–Kier alpha value is -0.970. The van der Waals surface area contributed by atoms with Crippen molar-refractivity contribution in [1.29, 1.82) is 0 Å². The van der Waals surface area contributed by atoms with Crippen molar-refractivity contribution < 1.29 is 14.6 Å². The molecule has 4 nitrogen and oxygen atoms in total. The lowest BCUT2D eigenvalue weighted by Crippen LogP contribution is -2.13. The maximum Gasteiger partial charge on any atom is 0.224 e. The van der Waals surface area contributed by atoms with Crippen LogP contribution < -0.4 is 5.32 Å². The molecule has 0 bridgehead atoms. The third kappa shape index (κ3) is 4.00. The molecule has 0 spiro atoms. The Morgan fingerprint density at radius 3 is 2.68 bits per heavy atom. The number of nitrogens with one attached hydrogen (secondary N) is 1. The fraction of sp³-hybridized carbons (Fsp3) is 0.462. The first-order chi connectivity index (χ1) is 9.06. The van der Waals surface area contributed by atoms with Gasteiger partial charge in [0, 0.05) is 25.3 Å². The SMILES string of the molecule is O=C(CC[C@H]1CCOC1)Nc1cc(Cl)c(O)c(Cl)c1. The zero-order chi connectivity index (χ0) is 13.8. The van der Waals surface area contributed by atoms with Crippen molar-refractivity contribution in [3.63, 3.8) is 0 Å². The smallest absolute Gasteiger partial charge is 0.224 e. The highest BCUT2D eigenvalue weighted by Crippen LogP contribution is 2.34. The molecule has 0 saturated carbocycles. The van der Waals surface area contributed by atoms with Crippen molar-refractivity contribution >= 4 is 34.8 Å². The molecule has 1 aromatic carbocycles. The molecule has 1 fully saturated rings. The van der Waals surface area contributed by atoms with Gasteiger partial charge in [0.2, 0.25) is 5.91 Å². The molecule has 0 radical (unpaired) electrons. The van der Waals surface area contributed by atoms with E-state index in [0.29, 0.717) is 18.0 Å². The normalized spacial score (nSPS) is 18.5. The number of aromatic hydroxyl groups is 1. The van der Waals surface area contributed by atoms with Crippen LogP contribution in [-0.2, 0) is 9.53 Å². The number of phenols is 1. The molecule has 1 saturated heterocycles. The molecule has 0 aromatic heterocycles. The van der Waals surface area contributed by atoms with E-state index in [9.17, 15) is 9.90 Å². The summed E-state index contributed by atoms with van der Waals surface area (Å²) < 4.78 is 5.26. The summed E-state index contributed by atoms with van der Waals surface area (Å²) in [6.45, 7) is 1.53. The van der Waals surface area contributed by atoms with Gasteiger partial charge >= 0.3 is 0 Å². The maximum absolute atomic E-state index is 11.8. The highest BCUT2D eigenvalue weighted by atomic mass is 35.5. The standard InChI is InChI=1S/C13H15Cl2NO3/c14-10-5-9(6-11(15)13(10)18)16-12(17)2-1-8-3-4-19-7-8/h5-6,8,18H,1-4,7H2,(H,16,17)/t8-/m0/s1. The number of carbonyl (C=O) groups is 1. The number of hydrogen-bond donors (Lipinski definition) is 2. The van der Waals surface area contributed by atoms with E-state index < -0.39 is 0 Å². The summed E-state index contributed by atoms with van der Waals surface area (Å²) in [5, 5.41) is 12.4. The van der Waals surface area contributed by atoms with Crippen LogP contribution in [0.2, 0.25) is 10.0 Å². The van der Waals surface area contributed by atoms with E-state index in [0.717, 1.165) is 26.1 Å². The second kappa shape index (κ2) is 6.46. The minimum atomic E-state index is -0.176. The zero-order valence-electron chi connectivity index (χ0n) is 10.3. The lowest BCUT2D eigenvalue weighted by Gasteiger charge is -2.09. The topological polar surface area (TPSA) is 58.6 Å². The molecule has 2 rings (SSSR count). The predicted molar refractivity (Wildman–Crippen MR) is 74.9 cm³/mol. The molecule has 1 aliphatic rings. The van der Waals surface area contributed by atoms with Gasteiger partial charge in [0.1, 0.15) is 0 Å². The van der Waals surface area contributed by atoms with Crippen molar-refractivity contribution in [3.05, 3.63) is 22.2 Å². The number of hydrogen-bond acceptors (Lipinski definition) is 3. The van der Waals surface area contributed by atoms with Crippen LogP contribution in [0.4, 0.5) is 5.69 Å². The van der Waals surface area contributed by atoms with Crippen LogP contribution in [0.1, 0.15) is 19.3 Å². The lowest BCUT2D eigenvalue weighted by molar-refractivity contribution is -0.116. The summed E-state index contributed by atoms with van der Waals surface area (Å²) in [4.78, 5) is 11.8. The summed E-state index contributed by atoms with van der Waals surface area (Å²) in [5.74, 6) is 0.201. The Morgan fingerprint density at radius 2 is 2.11 bits per heavy atom. The van der Waals surface area contributed by atoms with Crippen LogP contribution in [-0.4, -0.2) is 24.2 Å². The van der Waals surface area contributed by atoms with Crippen LogP contribution in [0, 0.1) is 5.92 Å². The number of phenolic OH excluding ortho intramolecular Hbond substituents is 1. The number of rotatable bonds is 4. The first-order valence-corrected chi connectivity index (χ1v) is 6.87. The Labute approximate surface area is 121 Å². The second-order valence-electron chi connectivity index (χ2n) is 4.60. The van der Waals surface area contributed by atoms with Gasteiger partial charge in [-0.3, -0.25) is 4.79 Å². The van der Waals surface area contributed by atoms with Crippen LogP contribution in [0.3, 0.4) is 0 Å². The van der Waals surface area contributed by atoms with Crippen LogP contribution >= 0.6 is 23.2 Å². The van der Waals surface area contributed by atoms with Crippen LogP contribution in [0.25, 0.3) is 0 Å². The van der Waals surface area contributed by atoms with Gasteiger partial charge in [0.05, 0.1) is 10.0 Å². The van der Waals surface area contributed by atoms with Crippen molar-refractivity contribution in [1.82, 2.24) is 0 Å². The number of benzene rings is 1. The van der Waals surface area contributed by atoms with Crippen molar-refractivity contribution in [2.45, 2.75) is 19.3 Å². The van der Waals surface area contributed by atoms with Gasteiger partial charge in [0.15, 0.2) is 5.75 Å². The molecule has 0 unspecified atom stereocenters. The van der Waals surface area contributed by atoms with Crippen molar-refractivity contribution in [2.75, 3.05) is 18.5 Å². The first kappa shape index (κ1) is 14.4. The molecule has 1 heterocycles. The molecular weight excluding hydrogens is 289 g/mol. The summed E-state index contributed by atoms with van der Waals surface area (Å²) in [6.07, 6.45) is 2.26. The molecule has 1 aromatic rings. The number of ether oxygens (including phenoxy) is 1. The average molecular weight is 304 g/mol. The fourth-order valence-corrected chi connectivity index (χ4v) is 2.49. The third-order valence-corrected chi connectivity index (χ3v) is 3.68. The van der Waals surface area contributed by atoms with E-state index in [4.69, 9.17) is 27.9 Å². The molecule has 104 valence electrons.